The predicted molar refractivity (Wildman–Crippen MR) is 67.7 cm³/mol. The van der Waals surface area contributed by atoms with Gasteiger partial charge < -0.3 is 10.6 Å². The second-order valence-corrected chi connectivity index (χ2v) is 4.35. The lowest BCUT2D eigenvalue weighted by atomic mass is 10.2. The summed E-state index contributed by atoms with van der Waals surface area (Å²) in [5, 5.41) is 6.29. The van der Waals surface area contributed by atoms with Gasteiger partial charge in [0.15, 0.2) is 0 Å². The Morgan fingerprint density at radius 2 is 2.13 bits per heavy atom. The van der Waals surface area contributed by atoms with Crippen LogP contribution < -0.4 is 10.6 Å². The van der Waals surface area contributed by atoms with Crippen molar-refractivity contribution in [1.82, 2.24) is 9.97 Å². The van der Waals surface area contributed by atoms with E-state index < -0.39 is 0 Å². The van der Waals surface area contributed by atoms with Crippen LogP contribution in [-0.2, 0) is 0 Å². The van der Waals surface area contributed by atoms with Gasteiger partial charge in [-0.25, -0.2) is 4.98 Å². The van der Waals surface area contributed by atoms with Crippen LogP contribution in [0.2, 0.25) is 0 Å². The van der Waals surface area contributed by atoms with Crippen molar-refractivity contribution < 1.29 is 0 Å². The molecule has 0 saturated carbocycles. The van der Waals surface area contributed by atoms with Crippen molar-refractivity contribution >= 4 is 23.4 Å². The molecule has 1 aromatic rings. The van der Waals surface area contributed by atoms with E-state index >= 15 is 0 Å². The normalized spacial score (nSPS) is 12.2. The highest BCUT2D eigenvalue weighted by Crippen LogP contribution is 2.09. The van der Waals surface area contributed by atoms with Gasteiger partial charge in [-0.15, -0.1) is 0 Å². The molecule has 1 heterocycles. The van der Waals surface area contributed by atoms with Crippen LogP contribution >= 0.6 is 11.8 Å². The van der Waals surface area contributed by atoms with Crippen LogP contribution in [0.25, 0.3) is 0 Å². The van der Waals surface area contributed by atoms with E-state index in [9.17, 15) is 0 Å². The van der Waals surface area contributed by atoms with E-state index in [0.29, 0.717) is 6.04 Å². The SMILES string of the molecule is CNc1cncc(NC(C)CCSC)n1. The molecule has 0 fully saturated rings. The highest BCUT2D eigenvalue weighted by Gasteiger charge is 2.03. The number of thioether (sulfide) groups is 1. The largest absolute Gasteiger partial charge is 0.372 e. The first-order valence-corrected chi connectivity index (χ1v) is 6.41. The second kappa shape index (κ2) is 6.50. The molecule has 4 nitrogen and oxygen atoms in total. The number of nitrogens with one attached hydrogen (secondary N) is 2. The van der Waals surface area contributed by atoms with Gasteiger partial charge in [-0.1, -0.05) is 0 Å². The topological polar surface area (TPSA) is 49.8 Å². The van der Waals surface area contributed by atoms with Crippen LogP contribution in [0.5, 0.6) is 0 Å². The number of hydrogen-bond acceptors (Lipinski definition) is 5. The van der Waals surface area contributed by atoms with Gasteiger partial charge in [0.1, 0.15) is 11.6 Å². The van der Waals surface area contributed by atoms with E-state index in [1.165, 1.54) is 0 Å². The summed E-state index contributed by atoms with van der Waals surface area (Å²) in [5.41, 5.74) is 0. The van der Waals surface area contributed by atoms with Crippen molar-refractivity contribution in [3.05, 3.63) is 12.4 Å². The Bertz CT molecular complexity index is 293. The molecule has 1 aromatic heterocycles. The van der Waals surface area contributed by atoms with Crippen LogP contribution in [0.3, 0.4) is 0 Å². The summed E-state index contributed by atoms with van der Waals surface area (Å²) in [5.74, 6) is 2.78. The zero-order valence-electron chi connectivity index (χ0n) is 9.45. The van der Waals surface area contributed by atoms with Crippen LogP contribution in [0, 0.1) is 0 Å². The molecular weight excluding hydrogens is 208 g/mol. The van der Waals surface area contributed by atoms with Crippen molar-refractivity contribution in [1.29, 1.82) is 0 Å². The van der Waals surface area contributed by atoms with Crippen LogP contribution in [0.4, 0.5) is 11.6 Å². The van der Waals surface area contributed by atoms with E-state index in [1.54, 1.807) is 12.4 Å². The standard InChI is InChI=1S/C10H18N4S/c1-8(4-5-15-3)13-10-7-12-6-9(11-2)14-10/h6-8H,4-5H2,1-3H3,(H2,11,13,14). The molecule has 1 unspecified atom stereocenters. The molecule has 0 aliphatic heterocycles. The molecule has 15 heavy (non-hydrogen) atoms. The Morgan fingerprint density at radius 1 is 1.40 bits per heavy atom. The number of rotatable bonds is 6. The van der Waals surface area contributed by atoms with E-state index in [0.717, 1.165) is 23.8 Å². The van der Waals surface area contributed by atoms with Crippen LogP contribution in [0.15, 0.2) is 12.4 Å². The number of hydrogen-bond donors (Lipinski definition) is 2. The zero-order chi connectivity index (χ0) is 11.1. The molecule has 0 bridgehead atoms. The molecule has 0 radical (unpaired) electrons. The molecule has 84 valence electrons. The van der Waals surface area contributed by atoms with E-state index in [-0.39, 0.29) is 0 Å². The minimum atomic E-state index is 0.429. The third-order valence-electron chi connectivity index (χ3n) is 2.04. The maximum Gasteiger partial charge on any atom is 0.147 e. The molecule has 0 spiro atoms. The third-order valence-corrected chi connectivity index (χ3v) is 2.68. The highest BCUT2D eigenvalue weighted by atomic mass is 32.2. The summed E-state index contributed by atoms with van der Waals surface area (Å²) in [7, 11) is 1.84. The number of anilines is 2. The van der Waals surface area contributed by atoms with E-state index in [2.05, 4.69) is 33.8 Å². The zero-order valence-corrected chi connectivity index (χ0v) is 10.3. The first-order valence-electron chi connectivity index (χ1n) is 5.01. The second-order valence-electron chi connectivity index (χ2n) is 3.37. The van der Waals surface area contributed by atoms with Gasteiger partial charge >= 0.3 is 0 Å². The molecule has 1 rings (SSSR count). The van der Waals surface area contributed by atoms with Crippen LogP contribution in [-0.4, -0.2) is 35.1 Å². The Kier molecular flexibility index (Phi) is 5.25. The van der Waals surface area contributed by atoms with Gasteiger partial charge in [-0.05, 0) is 25.4 Å². The van der Waals surface area contributed by atoms with Crippen LogP contribution in [0.1, 0.15) is 13.3 Å². The fourth-order valence-corrected chi connectivity index (χ4v) is 1.76. The van der Waals surface area contributed by atoms with Gasteiger partial charge in [0, 0.05) is 13.1 Å². The molecule has 0 aliphatic carbocycles. The Labute approximate surface area is 95.3 Å². The van der Waals surface area contributed by atoms with E-state index in [4.69, 9.17) is 0 Å². The summed E-state index contributed by atoms with van der Waals surface area (Å²) >= 11 is 1.86. The lowest BCUT2D eigenvalue weighted by Crippen LogP contribution is -2.17. The van der Waals surface area contributed by atoms with Gasteiger partial charge in [0.05, 0.1) is 12.4 Å². The quantitative estimate of drug-likeness (QED) is 0.777. The summed E-state index contributed by atoms with van der Waals surface area (Å²) in [6.45, 7) is 2.16. The molecule has 0 aliphatic rings. The summed E-state index contributed by atoms with van der Waals surface area (Å²) in [6, 6.07) is 0.429. The van der Waals surface area contributed by atoms with Gasteiger partial charge in [0.25, 0.3) is 0 Å². The number of nitrogens with zero attached hydrogens (tertiary/aromatic N) is 2. The molecule has 0 saturated heterocycles. The first kappa shape index (κ1) is 12.1. The molecule has 5 heteroatoms. The Morgan fingerprint density at radius 3 is 2.80 bits per heavy atom. The minimum Gasteiger partial charge on any atom is -0.372 e. The maximum absolute atomic E-state index is 4.35. The summed E-state index contributed by atoms with van der Waals surface area (Å²) in [6.07, 6.45) is 6.70. The molecule has 1 atom stereocenters. The van der Waals surface area contributed by atoms with Crippen molar-refractivity contribution in [3.63, 3.8) is 0 Å². The first-order chi connectivity index (χ1) is 7.26. The van der Waals surface area contributed by atoms with Gasteiger partial charge in [-0.3, -0.25) is 4.98 Å². The predicted octanol–water partition coefficient (Wildman–Crippen LogP) is 2.07. The lowest BCUT2D eigenvalue weighted by molar-refractivity contribution is 0.766. The maximum atomic E-state index is 4.35. The van der Waals surface area contributed by atoms with Crippen molar-refractivity contribution in [2.45, 2.75) is 19.4 Å². The fourth-order valence-electron chi connectivity index (χ4n) is 1.18. The average molecular weight is 226 g/mol. The Hall–Kier alpha value is -0.970. The minimum absolute atomic E-state index is 0.429. The van der Waals surface area contributed by atoms with Crippen molar-refractivity contribution in [2.75, 3.05) is 29.7 Å². The average Bonchev–Trinajstić information content (AvgIpc) is 2.26. The van der Waals surface area contributed by atoms with Gasteiger partial charge in [-0.2, -0.15) is 11.8 Å². The lowest BCUT2D eigenvalue weighted by Gasteiger charge is -2.13. The highest BCUT2D eigenvalue weighted by molar-refractivity contribution is 7.98. The fraction of sp³-hybridized carbons (Fsp3) is 0.600. The monoisotopic (exact) mass is 226 g/mol. The van der Waals surface area contributed by atoms with Crippen molar-refractivity contribution in [2.24, 2.45) is 0 Å². The van der Waals surface area contributed by atoms with E-state index in [1.807, 2.05) is 18.8 Å². The summed E-state index contributed by atoms with van der Waals surface area (Å²) < 4.78 is 0. The molecular formula is C10H18N4S. The molecule has 0 aromatic carbocycles. The molecule has 0 amide bonds. The molecule has 2 N–H and O–H groups in total. The van der Waals surface area contributed by atoms with Gasteiger partial charge in [0.2, 0.25) is 0 Å². The third kappa shape index (κ3) is 4.38. The number of aromatic nitrogens is 2. The summed E-state index contributed by atoms with van der Waals surface area (Å²) in [4.78, 5) is 8.44. The smallest absolute Gasteiger partial charge is 0.147 e. The Balaban J connectivity index is 2.48. The van der Waals surface area contributed by atoms with Crippen molar-refractivity contribution in [3.8, 4) is 0 Å².